The number of fused-ring (bicyclic) bond motifs is 1. The number of carbonyl (C=O) groups excluding carboxylic acids is 1. The first-order valence-corrected chi connectivity index (χ1v) is 9.27. The zero-order valence-electron chi connectivity index (χ0n) is 13.1. The van der Waals surface area contributed by atoms with Crippen molar-refractivity contribution in [3.05, 3.63) is 27.2 Å². The molecule has 1 heterocycles. The molecule has 0 bridgehead atoms. The van der Waals surface area contributed by atoms with Crippen molar-refractivity contribution in [3.8, 4) is 0 Å². The van der Waals surface area contributed by atoms with Crippen LogP contribution in [-0.2, 0) is 22.4 Å². The summed E-state index contributed by atoms with van der Waals surface area (Å²) in [5.74, 6) is 0.799. The highest BCUT2D eigenvalue weighted by molar-refractivity contribution is 7.99. The van der Waals surface area contributed by atoms with Crippen LogP contribution in [-0.4, -0.2) is 31.9 Å². The first-order chi connectivity index (χ1) is 10.6. The van der Waals surface area contributed by atoms with Crippen LogP contribution >= 0.6 is 47.4 Å². The molecule has 0 atom stereocenters. The molecule has 0 saturated carbocycles. The van der Waals surface area contributed by atoms with Gasteiger partial charge in [0.25, 0.3) is 0 Å². The van der Waals surface area contributed by atoms with Gasteiger partial charge in [-0.05, 0) is 61.7 Å². The van der Waals surface area contributed by atoms with Crippen LogP contribution in [0.25, 0.3) is 0 Å². The van der Waals surface area contributed by atoms with Crippen molar-refractivity contribution in [1.82, 2.24) is 5.32 Å². The number of esters is 1. The van der Waals surface area contributed by atoms with Gasteiger partial charge in [-0.3, -0.25) is 4.79 Å². The smallest absolute Gasteiger partial charge is 0.305 e. The van der Waals surface area contributed by atoms with Crippen molar-refractivity contribution in [1.29, 1.82) is 0 Å². The summed E-state index contributed by atoms with van der Waals surface area (Å²) >= 11 is 14.5. The monoisotopic (exact) mass is 397 g/mol. The van der Waals surface area contributed by atoms with E-state index in [1.54, 1.807) is 11.8 Å². The van der Waals surface area contributed by atoms with Crippen LogP contribution in [0.3, 0.4) is 0 Å². The molecule has 1 N–H and O–H groups in total. The quantitative estimate of drug-likeness (QED) is 0.434. The van der Waals surface area contributed by atoms with E-state index < -0.39 is 0 Å². The summed E-state index contributed by atoms with van der Waals surface area (Å²) in [5.41, 5.74) is 2.52. The number of methoxy groups -OCH3 is 1. The third kappa shape index (κ3) is 6.02. The van der Waals surface area contributed by atoms with Gasteiger partial charge in [-0.2, -0.15) is 0 Å². The van der Waals surface area contributed by atoms with Gasteiger partial charge >= 0.3 is 5.97 Å². The highest BCUT2D eigenvalue weighted by Gasteiger charge is 2.18. The van der Waals surface area contributed by atoms with Gasteiger partial charge in [0.2, 0.25) is 0 Å². The van der Waals surface area contributed by atoms with Gasteiger partial charge in [0.1, 0.15) is 0 Å². The largest absolute Gasteiger partial charge is 0.469 e. The molecule has 0 spiro atoms. The highest BCUT2D eigenvalue weighted by Crippen LogP contribution is 2.38. The lowest BCUT2D eigenvalue weighted by molar-refractivity contribution is -0.140. The van der Waals surface area contributed by atoms with E-state index in [2.05, 4.69) is 10.1 Å². The molecular formula is C16H22Cl3NO2S. The molecule has 1 aromatic rings. The maximum absolute atomic E-state index is 11.1. The van der Waals surface area contributed by atoms with Crippen LogP contribution in [0.2, 0.25) is 10.0 Å². The van der Waals surface area contributed by atoms with Crippen LogP contribution in [0.15, 0.2) is 11.0 Å². The molecule has 1 aromatic carbocycles. The van der Waals surface area contributed by atoms with Crippen molar-refractivity contribution in [2.45, 2.75) is 37.0 Å². The topological polar surface area (TPSA) is 38.3 Å². The fourth-order valence-electron chi connectivity index (χ4n) is 2.58. The number of halogens is 3. The Morgan fingerprint density at radius 2 is 1.91 bits per heavy atom. The summed E-state index contributed by atoms with van der Waals surface area (Å²) in [4.78, 5) is 12.2. The molecule has 0 amide bonds. The van der Waals surface area contributed by atoms with Gasteiger partial charge in [0.05, 0.1) is 12.1 Å². The molecule has 3 nitrogen and oxygen atoms in total. The minimum absolute atomic E-state index is 0. The molecule has 0 fully saturated rings. The van der Waals surface area contributed by atoms with Crippen molar-refractivity contribution in [2.75, 3.05) is 26.0 Å². The molecule has 1 aliphatic heterocycles. The van der Waals surface area contributed by atoms with Crippen molar-refractivity contribution in [2.24, 2.45) is 0 Å². The Hall–Kier alpha value is -0.130. The normalized spacial score (nSPS) is 13.7. The second-order valence-corrected chi connectivity index (χ2v) is 7.18. The van der Waals surface area contributed by atoms with E-state index in [1.807, 2.05) is 6.07 Å². The Balaban J connectivity index is 0.00000264. The Bertz CT molecular complexity index is 541. The maximum Gasteiger partial charge on any atom is 0.305 e. The summed E-state index contributed by atoms with van der Waals surface area (Å²) in [6.07, 6.45) is 4.19. The fourth-order valence-corrected chi connectivity index (χ4v) is 4.49. The minimum Gasteiger partial charge on any atom is -0.469 e. The van der Waals surface area contributed by atoms with E-state index >= 15 is 0 Å². The number of hydrogen-bond acceptors (Lipinski definition) is 4. The molecule has 2 rings (SSSR count). The van der Waals surface area contributed by atoms with Gasteiger partial charge in [0.15, 0.2) is 0 Å². The molecule has 130 valence electrons. The third-order valence-electron chi connectivity index (χ3n) is 3.75. The fraction of sp³-hybridized carbons (Fsp3) is 0.562. The maximum atomic E-state index is 11.1. The van der Waals surface area contributed by atoms with E-state index in [-0.39, 0.29) is 18.4 Å². The van der Waals surface area contributed by atoms with Crippen LogP contribution in [0.4, 0.5) is 0 Å². The van der Waals surface area contributed by atoms with E-state index in [9.17, 15) is 4.79 Å². The molecule has 0 aromatic heterocycles. The molecule has 0 radical (unpaired) electrons. The van der Waals surface area contributed by atoms with E-state index in [1.165, 1.54) is 18.2 Å². The number of ether oxygens (including phenoxy) is 1. The van der Waals surface area contributed by atoms with Crippen LogP contribution < -0.4 is 5.32 Å². The second kappa shape index (κ2) is 10.7. The predicted molar refractivity (Wildman–Crippen MR) is 101 cm³/mol. The predicted octanol–water partition coefficient (Wildman–Crippen LogP) is 4.54. The molecule has 0 unspecified atom stereocenters. The van der Waals surface area contributed by atoms with Crippen molar-refractivity contribution < 1.29 is 9.53 Å². The summed E-state index contributed by atoms with van der Waals surface area (Å²) < 4.78 is 4.65. The van der Waals surface area contributed by atoms with Gasteiger partial charge in [-0.15, -0.1) is 24.2 Å². The van der Waals surface area contributed by atoms with Gasteiger partial charge in [-0.25, -0.2) is 0 Å². The standard InChI is InChI=1S/C16H21Cl2NO2S.ClH/c1-21-15(20)4-2-3-9-22-16-12-6-8-19-7-5-11(12)13(17)10-14(16)18;/h10,19H,2-9H2,1H3;1H. The Labute approximate surface area is 158 Å². The molecule has 1 aliphatic rings. The second-order valence-electron chi connectivity index (χ2n) is 5.26. The van der Waals surface area contributed by atoms with Crippen LogP contribution in [0, 0.1) is 0 Å². The lowest BCUT2D eigenvalue weighted by Crippen LogP contribution is -2.16. The summed E-state index contributed by atoms with van der Waals surface area (Å²) in [5, 5.41) is 4.92. The average Bonchev–Trinajstić information content (AvgIpc) is 2.75. The number of hydrogen-bond donors (Lipinski definition) is 1. The van der Waals surface area contributed by atoms with Gasteiger partial charge in [-0.1, -0.05) is 23.2 Å². The zero-order chi connectivity index (χ0) is 15.9. The number of unbranched alkanes of at least 4 members (excludes halogenated alkanes) is 1. The SMILES string of the molecule is COC(=O)CCCCSc1c(Cl)cc(Cl)c2c1CCNCC2.Cl. The summed E-state index contributed by atoms with van der Waals surface area (Å²) in [6.45, 7) is 1.91. The van der Waals surface area contributed by atoms with Gasteiger partial charge < -0.3 is 10.1 Å². The Morgan fingerprint density at radius 1 is 1.22 bits per heavy atom. The first-order valence-electron chi connectivity index (χ1n) is 7.53. The lowest BCUT2D eigenvalue weighted by Gasteiger charge is -2.15. The summed E-state index contributed by atoms with van der Waals surface area (Å²) in [6, 6.07) is 1.87. The molecule has 23 heavy (non-hydrogen) atoms. The number of thioether (sulfide) groups is 1. The average molecular weight is 399 g/mol. The molecular weight excluding hydrogens is 377 g/mol. The Morgan fingerprint density at radius 3 is 2.61 bits per heavy atom. The zero-order valence-corrected chi connectivity index (χ0v) is 16.3. The third-order valence-corrected chi connectivity index (χ3v) is 5.75. The molecule has 0 saturated heterocycles. The number of benzene rings is 1. The number of nitrogens with one attached hydrogen (secondary N) is 1. The van der Waals surface area contributed by atoms with E-state index in [0.29, 0.717) is 6.42 Å². The van der Waals surface area contributed by atoms with E-state index in [4.69, 9.17) is 23.2 Å². The highest BCUT2D eigenvalue weighted by atomic mass is 35.5. The van der Waals surface area contributed by atoms with Crippen LogP contribution in [0.1, 0.15) is 30.4 Å². The van der Waals surface area contributed by atoms with Crippen molar-refractivity contribution in [3.63, 3.8) is 0 Å². The molecule has 7 heteroatoms. The first kappa shape index (κ1) is 20.9. The van der Waals surface area contributed by atoms with Crippen LogP contribution in [0.5, 0.6) is 0 Å². The van der Waals surface area contributed by atoms with Crippen molar-refractivity contribution >= 4 is 53.3 Å². The lowest BCUT2D eigenvalue weighted by atomic mass is 10.0. The van der Waals surface area contributed by atoms with E-state index in [0.717, 1.165) is 59.5 Å². The number of carbonyl (C=O) groups is 1. The minimum atomic E-state index is -0.144. The summed E-state index contributed by atoms with van der Waals surface area (Å²) in [7, 11) is 1.42. The Kier molecular flexibility index (Phi) is 9.71. The molecule has 0 aliphatic carbocycles. The van der Waals surface area contributed by atoms with Gasteiger partial charge in [0, 0.05) is 16.3 Å². The number of rotatable bonds is 6.